The van der Waals surface area contributed by atoms with Gasteiger partial charge in [0.05, 0.1) is 18.7 Å². The molecule has 0 aromatic carbocycles. The fraction of sp³-hybridized carbons (Fsp3) is 0.385. The third-order valence-electron chi connectivity index (χ3n) is 3.34. The summed E-state index contributed by atoms with van der Waals surface area (Å²) in [4.78, 5) is 22.6. The second kappa shape index (κ2) is 7.40. The highest BCUT2D eigenvalue weighted by atomic mass is 32.2. The lowest BCUT2D eigenvalue weighted by Crippen LogP contribution is -2.51. The van der Waals surface area contributed by atoms with E-state index in [9.17, 15) is 28.2 Å². The molecule has 11 heteroatoms. The number of carbonyl (C=O) groups is 2. The Kier molecular flexibility index (Phi) is 5.72. The number of primary amides is 1. The van der Waals surface area contributed by atoms with Gasteiger partial charge >= 0.3 is 0 Å². The van der Waals surface area contributed by atoms with Crippen LogP contribution < -0.4 is 15.8 Å². The average Bonchev–Trinajstić information content (AvgIpc) is 3.04. The molecule has 6 N–H and O–H groups in total. The van der Waals surface area contributed by atoms with Gasteiger partial charge in [0.15, 0.2) is 0 Å². The van der Waals surface area contributed by atoms with Crippen LogP contribution in [-0.2, 0) is 19.6 Å². The highest BCUT2D eigenvalue weighted by Crippen LogP contribution is 2.23. The van der Waals surface area contributed by atoms with Gasteiger partial charge in [0.2, 0.25) is 11.8 Å². The molecule has 1 aromatic rings. The van der Waals surface area contributed by atoms with E-state index in [2.05, 4.69) is 10.0 Å². The van der Waals surface area contributed by atoms with Crippen LogP contribution in [-0.4, -0.2) is 55.2 Å². The summed E-state index contributed by atoms with van der Waals surface area (Å²) in [5.74, 6) is -1.41. The minimum Gasteiger partial charge on any atom is -0.390 e. The molecule has 0 saturated carbocycles. The predicted molar refractivity (Wildman–Crippen MR) is 85.3 cm³/mol. The van der Waals surface area contributed by atoms with Gasteiger partial charge in [0.1, 0.15) is 10.3 Å². The molecule has 1 aromatic heterocycles. The van der Waals surface area contributed by atoms with Crippen molar-refractivity contribution >= 4 is 33.2 Å². The largest absolute Gasteiger partial charge is 0.390 e. The van der Waals surface area contributed by atoms with Crippen LogP contribution in [0.25, 0.3) is 0 Å². The second-order valence-electron chi connectivity index (χ2n) is 5.18. The molecule has 0 spiro atoms. The SMILES string of the molecule is NC(=O)CNC(=O)C1=C[C@@H](NS(=O)(=O)c2cccs2)[C@@H](O)[C@H](O)C1. The van der Waals surface area contributed by atoms with Crippen molar-refractivity contribution in [2.24, 2.45) is 5.73 Å². The van der Waals surface area contributed by atoms with E-state index in [1.807, 2.05) is 0 Å². The molecule has 0 unspecified atom stereocenters. The molecule has 9 nitrogen and oxygen atoms in total. The van der Waals surface area contributed by atoms with Gasteiger partial charge in [-0.25, -0.2) is 13.1 Å². The van der Waals surface area contributed by atoms with E-state index in [4.69, 9.17) is 5.73 Å². The van der Waals surface area contributed by atoms with Crippen molar-refractivity contribution in [1.29, 1.82) is 0 Å². The molecular weight excluding hydrogens is 358 g/mol. The summed E-state index contributed by atoms with van der Waals surface area (Å²) in [7, 11) is -3.90. The zero-order valence-electron chi connectivity index (χ0n) is 12.4. The zero-order chi connectivity index (χ0) is 17.9. The fourth-order valence-corrected chi connectivity index (χ4v) is 4.38. The van der Waals surface area contributed by atoms with Crippen molar-refractivity contribution in [2.75, 3.05) is 6.54 Å². The minimum atomic E-state index is -3.90. The monoisotopic (exact) mass is 375 g/mol. The van der Waals surface area contributed by atoms with Gasteiger partial charge in [-0.3, -0.25) is 9.59 Å². The van der Waals surface area contributed by atoms with Crippen LogP contribution in [0.2, 0.25) is 0 Å². The maximum absolute atomic E-state index is 12.2. The smallest absolute Gasteiger partial charge is 0.250 e. The normalized spacial score (nSPS) is 24.2. The van der Waals surface area contributed by atoms with E-state index in [1.165, 1.54) is 12.1 Å². The first-order valence-corrected chi connectivity index (χ1v) is 9.26. The number of aliphatic hydroxyl groups is 2. The van der Waals surface area contributed by atoms with E-state index in [1.54, 1.807) is 11.4 Å². The number of hydrogen-bond acceptors (Lipinski definition) is 7. The van der Waals surface area contributed by atoms with E-state index >= 15 is 0 Å². The van der Waals surface area contributed by atoms with Crippen molar-refractivity contribution in [3.63, 3.8) is 0 Å². The summed E-state index contributed by atoms with van der Waals surface area (Å²) in [5.41, 5.74) is 4.98. The van der Waals surface area contributed by atoms with Crippen LogP contribution in [0.15, 0.2) is 33.4 Å². The van der Waals surface area contributed by atoms with E-state index < -0.39 is 40.1 Å². The van der Waals surface area contributed by atoms with Crippen LogP contribution in [0.3, 0.4) is 0 Å². The van der Waals surface area contributed by atoms with Gasteiger partial charge in [-0.2, -0.15) is 0 Å². The number of nitrogens with two attached hydrogens (primary N) is 1. The molecule has 132 valence electrons. The third-order valence-corrected chi connectivity index (χ3v) is 6.19. The first kappa shape index (κ1) is 18.5. The molecule has 0 bridgehead atoms. The van der Waals surface area contributed by atoms with Crippen LogP contribution in [0, 0.1) is 0 Å². The van der Waals surface area contributed by atoms with Gasteiger partial charge in [-0.15, -0.1) is 11.3 Å². The van der Waals surface area contributed by atoms with E-state index in [0.29, 0.717) is 0 Å². The summed E-state index contributed by atoms with van der Waals surface area (Å²) in [6, 6.07) is 1.77. The first-order chi connectivity index (χ1) is 11.2. The molecule has 0 saturated heterocycles. The van der Waals surface area contributed by atoms with Gasteiger partial charge in [-0.05, 0) is 11.4 Å². The molecule has 2 amide bonds. The number of sulfonamides is 1. The lowest BCUT2D eigenvalue weighted by Gasteiger charge is -2.30. The highest BCUT2D eigenvalue weighted by molar-refractivity contribution is 7.91. The van der Waals surface area contributed by atoms with E-state index in [-0.39, 0.29) is 22.7 Å². The topological polar surface area (TPSA) is 159 Å². The number of aliphatic hydroxyl groups excluding tert-OH is 2. The van der Waals surface area contributed by atoms with Crippen LogP contribution in [0.5, 0.6) is 0 Å². The Labute approximate surface area is 142 Å². The number of carbonyl (C=O) groups excluding carboxylic acids is 2. The Hall–Kier alpha value is -1.79. The lowest BCUT2D eigenvalue weighted by atomic mass is 9.90. The van der Waals surface area contributed by atoms with Crippen LogP contribution >= 0.6 is 11.3 Å². The Morgan fingerprint density at radius 1 is 1.38 bits per heavy atom. The maximum atomic E-state index is 12.2. The number of rotatable bonds is 6. The summed E-state index contributed by atoms with van der Waals surface area (Å²) in [6.45, 7) is -0.388. The molecule has 2 rings (SSSR count). The molecule has 0 aliphatic heterocycles. The Balaban J connectivity index is 2.19. The van der Waals surface area contributed by atoms with Crippen molar-refractivity contribution in [3.05, 3.63) is 29.2 Å². The van der Waals surface area contributed by atoms with E-state index in [0.717, 1.165) is 11.3 Å². The maximum Gasteiger partial charge on any atom is 0.250 e. The molecule has 0 radical (unpaired) electrons. The minimum absolute atomic E-state index is 0.0443. The quantitative estimate of drug-likeness (QED) is 0.388. The molecule has 0 fully saturated rings. The fourth-order valence-electron chi connectivity index (χ4n) is 2.18. The number of nitrogens with one attached hydrogen (secondary N) is 2. The molecule has 3 atom stereocenters. The van der Waals surface area contributed by atoms with Crippen LogP contribution in [0.1, 0.15) is 6.42 Å². The number of amides is 2. The molecule has 1 heterocycles. The predicted octanol–water partition coefficient (Wildman–Crippen LogP) is -1.95. The average molecular weight is 375 g/mol. The van der Waals surface area contributed by atoms with Gasteiger partial charge in [0, 0.05) is 12.0 Å². The standard InChI is InChI=1S/C13H17N3O6S2/c14-10(18)6-15-13(20)7-4-8(12(19)9(17)5-7)16-24(21,22)11-2-1-3-23-11/h1-4,8-9,12,16-17,19H,5-6H2,(H2,14,18)(H,15,20)/t8-,9-,12-/m1/s1. The molecule has 24 heavy (non-hydrogen) atoms. The molecular formula is C13H17N3O6S2. The Morgan fingerprint density at radius 3 is 2.67 bits per heavy atom. The van der Waals surface area contributed by atoms with Crippen molar-refractivity contribution < 1.29 is 28.2 Å². The van der Waals surface area contributed by atoms with Crippen molar-refractivity contribution in [2.45, 2.75) is 28.9 Å². The molecule has 1 aliphatic carbocycles. The summed E-state index contributed by atoms with van der Waals surface area (Å²) >= 11 is 0.993. The Morgan fingerprint density at radius 2 is 2.08 bits per heavy atom. The highest BCUT2D eigenvalue weighted by Gasteiger charge is 2.35. The Bertz CT molecular complexity index is 744. The molecule has 1 aliphatic rings. The van der Waals surface area contributed by atoms with Crippen LogP contribution in [0.4, 0.5) is 0 Å². The van der Waals surface area contributed by atoms with Gasteiger partial charge in [0.25, 0.3) is 10.0 Å². The third kappa shape index (κ3) is 4.39. The summed E-state index contributed by atoms with van der Waals surface area (Å²) < 4.78 is 26.7. The number of hydrogen-bond donors (Lipinski definition) is 5. The number of thiophene rings is 1. The van der Waals surface area contributed by atoms with Gasteiger partial charge < -0.3 is 21.3 Å². The lowest BCUT2D eigenvalue weighted by molar-refractivity contribution is -0.123. The second-order valence-corrected chi connectivity index (χ2v) is 8.07. The van der Waals surface area contributed by atoms with Crippen molar-refractivity contribution in [3.8, 4) is 0 Å². The summed E-state index contributed by atoms with van der Waals surface area (Å²) in [6.07, 6.45) is -1.70. The van der Waals surface area contributed by atoms with Crippen molar-refractivity contribution in [1.82, 2.24) is 10.0 Å². The zero-order valence-corrected chi connectivity index (χ0v) is 14.0. The summed E-state index contributed by atoms with van der Waals surface area (Å²) in [5, 5.41) is 23.7. The first-order valence-electron chi connectivity index (χ1n) is 6.90. The van der Waals surface area contributed by atoms with Gasteiger partial charge in [-0.1, -0.05) is 12.1 Å².